The number of nitrogens with one attached hydrogen (secondary N) is 1. The largest absolute Gasteiger partial charge is 0.416 e. The zero-order chi connectivity index (χ0) is 27.9. The molecule has 4 heterocycles. The molecule has 0 saturated carbocycles. The van der Waals surface area contributed by atoms with Crippen LogP contribution in [0.4, 0.5) is 13.2 Å². The number of likely N-dealkylation sites (tertiary alicyclic amines) is 1. The number of hydrogen-bond donors (Lipinski definition) is 1. The molecule has 206 valence electrons. The average Bonchev–Trinajstić information content (AvgIpc) is 3.57. The van der Waals surface area contributed by atoms with Gasteiger partial charge in [0, 0.05) is 54.5 Å². The number of alkyl halides is 3. The Morgan fingerprint density at radius 1 is 1.23 bits per heavy atom. The minimum absolute atomic E-state index is 0.201. The molecule has 1 unspecified atom stereocenters. The number of fused-ring (bicyclic) bond motifs is 1. The van der Waals surface area contributed by atoms with Crippen molar-refractivity contribution < 1.29 is 22.7 Å². The van der Waals surface area contributed by atoms with Crippen LogP contribution in [0.15, 0.2) is 48.7 Å². The van der Waals surface area contributed by atoms with Crippen LogP contribution in [-0.4, -0.2) is 58.4 Å². The molecular formula is C28H30F3N5O2S. The standard InChI is InChI=1S/C28H30F3N5O2S/c1-5-38-17(3)36-27-20(25(34-36)18-10-11-32-16(2)12-18)13-24(39-27)26(37)33-23-15-35(4)14-21(23)19-8-6-7-9-22(19)28(29,30)31/h6-13,17,21,23H,5,14-15H2,1-4H3,(H,33,37)/t17?,21-,23+/m0/s1. The second kappa shape index (κ2) is 10.7. The lowest BCUT2D eigenvalue weighted by molar-refractivity contribution is -0.138. The summed E-state index contributed by atoms with van der Waals surface area (Å²) < 4.78 is 48.9. The molecular weight excluding hydrogens is 527 g/mol. The molecule has 3 atom stereocenters. The SMILES string of the molecule is CCOC(C)n1nc(-c2ccnc(C)c2)c2cc(C(=O)N[C@@H]3CN(C)C[C@H]3c3ccccc3C(F)(F)F)sc21. The van der Waals surface area contributed by atoms with Gasteiger partial charge in [-0.05, 0) is 57.6 Å². The number of nitrogens with zero attached hydrogens (tertiary/aromatic N) is 4. The summed E-state index contributed by atoms with van der Waals surface area (Å²) >= 11 is 1.29. The highest BCUT2D eigenvalue weighted by Gasteiger charge is 2.40. The monoisotopic (exact) mass is 557 g/mol. The van der Waals surface area contributed by atoms with E-state index in [0.717, 1.165) is 33.2 Å². The Morgan fingerprint density at radius 3 is 2.72 bits per heavy atom. The van der Waals surface area contributed by atoms with Crippen molar-refractivity contribution in [3.8, 4) is 11.3 Å². The summed E-state index contributed by atoms with van der Waals surface area (Å²) in [7, 11) is 1.85. The molecule has 11 heteroatoms. The fraction of sp³-hybridized carbons (Fsp3) is 0.393. The number of carbonyl (C=O) groups excluding carboxylic acids is 1. The minimum Gasteiger partial charge on any atom is -0.357 e. The summed E-state index contributed by atoms with van der Waals surface area (Å²) in [5, 5.41) is 8.65. The van der Waals surface area contributed by atoms with E-state index in [4.69, 9.17) is 9.84 Å². The lowest BCUT2D eigenvalue weighted by atomic mass is 9.90. The minimum atomic E-state index is -4.47. The highest BCUT2D eigenvalue weighted by atomic mass is 32.1. The van der Waals surface area contributed by atoms with Crippen LogP contribution in [0.2, 0.25) is 0 Å². The molecule has 1 aliphatic heterocycles. The van der Waals surface area contributed by atoms with Crippen LogP contribution in [-0.2, 0) is 10.9 Å². The van der Waals surface area contributed by atoms with E-state index in [2.05, 4.69) is 10.3 Å². The molecule has 1 N–H and O–H groups in total. The van der Waals surface area contributed by atoms with Gasteiger partial charge in [0.1, 0.15) is 16.8 Å². The summed E-state index contributed by atoms with van der Waals surface area (Å²) in [6.07, 6.45) is -3.10. The third-order valence-electron chi connectivity index (χ3n) is 7.01. The first kappa shape index (κ1) is 27.3. The van der Waals surface area contributed by atoms with Crippen LogP contribution in [0.5, 0.6) is 0 Å². The maximum absolute atomic E-state index is 13.8. The predicted molar refractivity (Wildman–Crippen MR) is 145 cm³/mol. The zero-order valence-corrected chi connectivity index (χ0v) is 22.9. The number of amides is 1. The van der Waals surface area contributed by atoms with Crippen molar-refractivity contribution >= 4 is 27.5 Å². The molecule has 5 rings (SSSR count). The third kappa shape index (κ3) is 5.43. The molecule has 0 aliphatic carbocycles. The van der Waals surface area contributed by atoms with E-state index in [1.807, 2.05) is 44.9 Å². The Labute approximate surface area is 228 Å². The Balaban J connectivity index is 1.49. The van der Waals surface area contributed by atoms with E-state index in [1.165, 1.54) is 23.5 Å². The summed E-state index contributed by atoms with van der Waals surface area (Å²) in [5.74, 6) is -0.812. The first-order chi connectivity index (χ1) is 18.6. The maximum Gasteiger partial charge on any atom is 0.416 e. The van der Waals surface area contributed by atoms with Crippen LogP contribution in [0.25, 0.3) is 21.5 Å². The van der Waals surface area contributed by atoms with Gasteiger partial charge in [-0.3, -0.25) is 9.78 Å². The van der Waals surface area contributed by atoms with E-state index in [-0.39, 0.29) is 17.7 Å². The number of hydrogen-bond acceptors (Lipinski definition) is 6. The van der Waals surface area contributed by atoms with E-state index in [1.54, 1.807) is 23.0 Å². The molecule has 1 amide bonds. The molecule has 3 aromatic heterocycles. The van der Waals surface area contributed by atoms with Gasteiger partial charge in [-0.1, -0.05) is 18.2 Å². The number of pyridine rings is 1. The average molecular weight is 558 g/mol. The first-order valence-electron chi connectivity index (χ1n) is 12.8. The Kier molecular flexibility index (Phi) is 7.49. The molecule has 0 radical (unpaired) electrons. The van der Waals surface area contributed by atoms with Crippen LogP contribution >= 0.6 is 11.3 Å². The van der Waals surface area contributed by atoms with Crippen LogP contribution in [0.1, 0.15) is 52.5 Å². The van der Waals surface area contributed by atoms with Gasteiger partial charge < -0.3 is 15.0 Å². The Bertz CT molecular complexity index is 1500. The van der Waals surface area contributed by atoms with E-state index in [9.17, 15) is 18.0 Å². The summed E-state index contributed by atoms with van der Waals surface area (Å²) in [6, 6.07) is 10.8. The smallest absolute Gasteiger partial charge is 0.357 e. The Morgan fingerprint density at radius 2 is 2.00 bits per heavy atom. The number of likely N-dealkylation sites (N-methyl/N-ethyl adjacent to an activating group) is 1. The predicted octanol–water partition coefficient (Wildman–Crippen LogP) is 5.87. The van der Waals surface area contributed by atoms with Crippen molar-refractivity contribution in [1.29, 1.82) is 0 Å². The highest BCUT2D eigenvalue weighted by Crippen LogP contribution is 2.39. The van der Waals surface area contributed by atoms with E-state index in [0.29, 0.717) is 24.6 Å². The molecule has 7 nitrogen and oxygen atoms in total. The molecule has 0 bridgehead atoms. The van der Waals surface area contributed by atoms with Crippen LogP contribution in [0, 0.1) is 6.92 Å². The van der Waals surface area contributed by atoms with Gasteiger partial charge in [0.15, 0.2) is 0 Å². The molecule has 1 fully saturated rings. The van der Waals surface area contributed by atoms with Crippen molar-refractivity contribution in [3.05, 3.63) is 70.4 Å². The molecule has 1 aliphatic rings. The van der Waals surface area contributed by atoms with Gasteiger partial charge in [-0.15, -0.1) is 11.3 Å². The van der Waals surface area contributed by atoms with Gasteiger partial charge in [0.25, 0.3) is 5.91 Å². The molecule has 4 aromatic rings. The summed E-state index contributed by atoms with van der Waals surface area (Å²) in [4.78, 5) is 21.0. The maximum atomic E-state index is 13.8. The number of aromatic nitrogens is 3. The summed E-state index contributed by atoms with van der Waals surface area (Å²) in [5.41, 5.74) is 1.98. The van der Waals surface area contributed by atoms with Gasteiger partial charge >= 0.3 is 6.18 Å². The molecule has 0 spiro atoms. The number of halogens is 3. The highest BCUT2D eigenvalue weighted by molar-refractivity contribution is 7.20. The second-order valence-electron chi connectivity index (χ2n) is 9.86. The molecule has 1 aromatic carbocycles. The first-order valence-corrected chi connectivity index (χ1v) is 13.6. The quantitative estimate of drug-likeness (QED) is 0.308. The zero-order valence-electron chi connectivity index (χ0n) is 22.1. The van der Waals surface area contributed by atoms with Gasteiger partial charge in [-0.2, -0.15) is 18.3 Å². The van der Waals surface area contributed by atoms with Crippen molar-refractivity contribution in [2.24, 2.45) is 0 Å². The lowest BCUT2D eigenvalue weighted by Gasteiger charge is -2.23. The third-order valence-corrected chi connectivity index (χ3v) is 8.14. The van der Waals surface area contributed by atoms with E-state index >= 15 is 0 Å². The molecule has 39 heavy (non-hydrogen) atoms. The van der Waals surface area contributed by atoms with Crippen molar-refractivity contribution in [3.63, 3.8) is 0 Å². The van der Waals surface area contributed by atoms with Crippen LogP contribution < -0.4 is 5.32 Å². The topological polar surface area (TPSA) is 72.3 Å². The number of aryl methyl sites for hydroxylation is 1. The number of ether oxygens (including phenoxy) is 1. The lowest BCUT2D eigenvalue weighted by Crippen LogP contribution is -2.39. The van der Waals surface area contributed by atoms with Gasteiger partial charge in [-0.25, -0.2) is 4.68 Å². The van der Waals surface area contributed by atoms with Gasteiger partial charge in [0.2, 0.25) is 0 Å². The molecule has 1 saturated heterocycles. The van der Waals surface area contributed by atoms with Crippen molar-refractivity contribution in [1.82, 2.24) is 25.0 Å². The second-order valence-corrected chi connectivity index (χ2v) is 10.9. The van der Waals surface area contributed by atoms with Crippen molar-refractivity contribution in [2.75, 3.05) is 26.7 Å². The number of carbonyl (C=O) groups is 1. The number of thiophene rings is 1. The Hall–Kier alpha value is -3.28. The summed E-state index contributed by atoms with van der Waals surface area (Å²) in [6.45, 7) is 7.07. The van der Waals surface area contributed by atoms with Crippen molar-refractivity contribution in [2.45, 2.75) is 45.1 Å². The van der Waals surface area contributed by atoms with E-state index < -0.39 is 23.7 Å². The van der Waals surface area contributed by atoms with Gasteiger partial charge in [0.05, 0.1) is 10.4 Å². The van der Waals surface area contributed by atoms with Crippen LogP contribution in [0.3, 0.4) is 0 Å². The fourth-order valence-electron chi connectivity index (χ4n) is 5.28. The normalized spacial score (nSPS) is 19.1. The number of benzene rings is 1. The number of rotatable bonds is 7. The fourth-order valence-corrected chi connectivity index (χ4v) is 6.37.